The van der Waals surface area contributed by atoms with E-state index in [0.29, 0.717) is 21.8 Å². The predicted octanol–water partition coefficient (Wildman–Crippen LogP) is 11.7. The number of hydrogen-bond acceptors (Lipinski definition) is 1. The Morgan fingerprint density at radius 2 is 1.18 bits per heavy atom. The van der Waals surface area contributed by atoms with Crippen molar-refractivity contribution in [1.82, 2.24) is 0 Å². The monoisotopic (exact) mass is 546 g/mol. The van der Waals surface area contributed by atoms with Crippen LogP contribution in [-0.4, -0.2) is 0 Å². The molecular weight excluding hydrogens is 506 g/mol. The van der Waals surface area contributed by atoms with E-state index in [1.165, 1.54) is 11.1 Å². The minimum Gasteiger partial charge on any atom is -0.354 e. The molecular formula is C38H38ClN. The summed E-state index contributed by atoms with van der Waals surface area (Å²) in [7, 11) is 0. The molecule has 0 amide bonds. The molecule has 5 aromatic rings. The Labute approximate surface area is 249 Å². The second-order valence-electron chi connectivity index (χ2n) is 12.3. The Kier molecular flexibility index (Phi) is 6.60. The average Bonchev–Trinajstić information content (AvgIpc) is 2.96. The number of para-hydroxylation sites is 1. The molecule has 5 aromatic carbocycles. The molecule has 0 atom stereocenters. The second kappa shape index (κ2) is 11.0. The van der Waals surface area contributed by atoms with Crippen molar-refractivity contribution in [1.29, 1.82) is 0 Å². The topological polar surface area (TPSA) is 12.0 Å². The summed E-state index contributed by atoms with van der Waals surface area (Å²) in [5.74, 6) is 0. The van der Waals surface area contributed by atoms with Crippen LogP contribution in [0.5, 0.6) is 0 Å². The number of anilines is 2. The molecule has 202 valence electrons. The van der Waals surface area contributed by atoms with Crippen molar-refractivity contribution in [3.05, 3.63) is 131 Å². The van der Waals surface area contributed by atoms with Gasteiger partial charge in [0, 0.05) is 21.8 Å². The number of halogens is 1. The maximum absolute atomic E-state index is 8.95. The van der Waals surface area contributed by atoms with Crippen molar-refractivity contribution < 1.29 is 4.11 Å². The molecule has 0 saturated heterocycles. The summed E-state index contributed by atoms with van der Waals surface area (Å²) < 4.78 is 26.6. The molecule has 0 aliphatic heterocycles. The lowest BCUT2D eigenvalue weighted by molar-refractivity contribution is 0.570. The molecule has 40 heavy (non-hydrogen) atoms. The van der Waals surface area contributed by atoms with Crippen LogP contribution in [0.3, 0.4) is 0 Å². The van der Waals surface area contributed by atoms with Gasteiger partial charge in [0.15, 0.2) is 0 Å². The fourth-order valence-corrected chi connectivity index (χ4v) is 5.25. The summed E-state index contributed by atoms with van der Waals surface area (Å²) in [5.41, 5.74) is 8.64. The minimum absolute atomic E-state index is 0.00780. The molecule has 0 bridgehead atoms. The maximum Gasteiger partial charge on any atom is 0.0630 e. The van der Waals surface area contributed by atoms with Crippen LogP contribution < -0.4 is 5.32 Å². The van der Waals surface area contributed by atoms with E-state index in [4.69, 9.17) is 15.7 Å². The van der Waals surface area contributed by atoms with Gasteiger partial charge >= 0.3 is 0 Å². The first-order valence-electron chi connectivity index (χ1n) is 15.2. The largest absolute Gasteiger partial charge is 0.354 e. The highest BCUT2D eigenvalue weighted by Gasteiger charge is 2.23. The van der Waals surface area contributed by atoms with E-state index in [1.807, 2.05) is 72.8 Å². The van der Waals surface area contributed by atoms with Gasteiger partial charge in [-0.2, -0.15) is 0 Å². The molecule has 0 radical (unpaired) electrons. The van der Waals surface area contributed by atoms with Gasteiger partial charge in [-0.15, -0.1) is 0 Å². The number of hydrogen-bond donors (Lipinski definition) is 1. The van der Waals surface area contributed by atoms with Gasteiger partial charge in [-0.3, -0.25) is 0 Å². The normalized spacial score (nSPS) is 12.9. The van der Waals surface area contributed by atoms with Gasteiger partial charge in [0.05, 0.1) is 9.80 Å². The summed E-state index contributed by atoms with van der Waals surface area (Å²) >= 11 is 6.79. The van der Waals surface area contributed by atoms with E-state index in [-0.39, 0.29) is 29.0 Å². The van der Waals surface area contributed by atoms with E-state index in [9.17, 15) is 0 Å². The Morgan fingerprint density at radius 1 is 0.600 bits per heavy atom. The molecule has 1 N–H and O–H groups in total. The maximum atomic E-state index is 8.95. The summed E-state index contributed by atoms with van der Waals surface area (Å²) in [5, 5.41) is 4.16. The smallest absolute Gasteiger partial charge is 0.0630 e. The van der Waals surface area contributed by atoms with Gasteiger partial charge in [0.1, 0.15) is 0 Å². The van der Waals surface area contributed by atoms with Gasteiger partial charge in [0.2, 0.25) is 0 Å². The van der Waals surface area contributed by atoms with Crippen LogP contribution in [0.2, 0.25) is 5.02 Å². The summed E-state index contributed by atoms with van der Waals surface area (Å²) in [4.78, 5) is 0. The van der Waals surface area contributed by atoms with Crippen molar-refractivity contribution in [3.63, 3.8) is 0 Å². The number of nitrogens with one attached hydrogen (secondary N) is 1. The highest BCUT2D eigenvalue weighted by Crippen LogP contribution is 2.42. The zero-order valence-corrected chi connectivity index (χ0v) is 24.9. The molecule has 0 aliphatic carbocycles. The lowest BCUT2D eigenvalue weighted by Gasteiger charge is -2.28. The highest BCUT2D eigenvalue weighted by molar-refractivity contribution is 6.31. The third-order valence-electron chi connectivity index (χ3n) is 7.17. The molecule has 0 aliphatic rings. The quantitative estimate of drug-likeness (QED) is 0.231. The molecule has 0 spiro atoms. The summed E-state index contributed by atoms with van der Waals surface area (Å²) in [6.45, 7) is 13.4. The molecule has 2 heteroatoms. The molecule has 0 heterocycles. The first kappa shape index (κ1) is 24.0. The first-order chi connectivity index (χ1) is 20.3. The molecule has 0 fully saturated rings. The fraction of sp³-hybridized carbons (Fsp3) is 0.211. The van der Waals surface area contributed by atoms with Crippen LogP contribution in [0, 0.1) is 0 Å². The summed E-state index contributed by atoms with van der Waals surface area (Å²) in [6, 6.07) is 31.9. The SMILES string of the molecule is [2H]c1c([2H])c(-c2ccccc2)c(Nc2cc(Cl)cc(-c3ccc(C(C)(C)C)cc3C(C)(C)C)c2)c(-c2ccccc2)c1[2H]. The Hall–Kier alpha value is -3.81. The van der Waals surface area contributed by atoms with Crippen molar-refractivity contribution in [2.75, 3.05) is 5.32 Å². The van der Waals surface area contributed by atoms with Gasteiger partial charge in [-0.05, 0) is 62.4 Å². The van der Waals surface area contributed by atoms with Crippen LogP contribution in [0.4, 0.5) is 11.4 Å². The van der Waals surface area contributed by atoms with Gasteiger partial charge in [-0.25, -0.2) is 0 Å². The fourth-order valence-electron chi connectivity index (χ4n) is 5.02. The first-order valence-corrected chi connectivity index (χ1v) is 14.1. The van der Waals surface area contributed by atoms with E-state index >= 15 is 0 Å². The highest BCUT2D eigenvalue weighted by atomic mass is 35.5. The van der Waals surface area contributed by atoms with Crippen molar-refractivity contribution in [3.8, 4) is 33.4 Å². The van der Waals surface area contributed by atoms with Crippen molar-refractivity contribution in [2.24, 2.45) is 0 Å². The zero-order chi connectivity index (χ0) is 31.1. The average molecular weight is 547 g/mol. The van der Waals surface area contributed by atoms with Crippen LogP contribution in [-0.2, 0) is 10.8 Å². The number of benzene rings is 5. The zero-order valence-electron chi connectivity index (χ0n) is 27.1. The van der Waals surface area contributed by atoms with Crippen LogP contribution in [0.1, 0.15) is 56.8 Å². The lowest BCUT2D eigenvalue weighted by atomic mass is 9.77. The van der Waals surface area contributed by atoms with Gasteiger partial charge in [0.25, 0.3) is 0 Å². The van der Waals surface area contributed by atoms with E-state index in [0.717, 1.165) is 27.9 Å². The van der Waals surface area contributed by atoms with E-state index in [2.05, 4.69) is 71.1 Å². The second-order valence-corrected chi connectivity index (χ2v) is 12.8. The third kappa shape index (κ3) is 6.01. The number of rotatable bonds is 5. The van der Waals surface area contributed by atoms with Crippen molar-refractivity contribution in [2.45, 2.75) is 52.4 Å². The van der Waals surface area contributed by atoms with Crippen LogP contribution in [0.25, 0.3) is 33.4 Å². The molecule has 5 rings (SSSR count). The van der Waals surface area contributed by atoms with Crippen LogP contribution in [0.15, 0.2) is 115 Å². The van der Waals surface area contributed by atoms with Crippen LogP contribution >= 0.6 is 11.6 Å². The molecule has 1 nitrogen and oxygen atoms in total. The standard InChI is InChI=1S/C38H38ClN/c1-37(2,3)29-20-21-32(35(24-29)38(4,5)6)28-22-30(39)25-31(23-28)40-36-33(26-14-9-7-10-15-26)18-13-19-34(36)27-16-11-8-12-17-27/h7-25,40H,1-6H3/i13D,18D,19D. The van der Waals surface area contributed by atoms with Gasteiger partial charge in [-0.1, -0.05) is 150 Å². The Morgan fingerprint density at radius 3 is 1.70 bits per heavy atom. The minimum atomic E-state index is -0.108. The third-order valence-corrected chi connectivity index (χ3v) is 7.39. The Balaban J connectivity index is 1.75. The molecule has 0 saturated carbocycles. The van der Waals surface area contributed by atoms with Crippen molar-refractivity contribution >= 4 is 23.0 Å². The lowest BCUT2D eigenvalue weighted by Crippen LogP contribution is -2.17. The van der Waals surface area contributed by atoms with E-state index in [1.54, 1.807) is 0 Å². The summed E-state index contributed by atoms with van der Waals surface area (Å²) in [6.07, 6.45) is 0. The Bertz CT molecular complexity index is 1720. The predicted molar refractivity (Wildman–Crippen MR) is 175 cm³/mol. The van der Waals surface area contributed by atoms with E-state index < -0.39 is 0 Å². The molecule has 0 unspecified atom stereocenters. The molecule has 0 aromatic heterocycles. The van der Waals surface area contributed by atoms with Gasteiger partial charge < -0.3 is 5.32 Å².